The van der Waals surface area contributed by atoms with E-state index in [0.29, 0.717) is 53.4 Å². The number of aromatic nitrogens is 1. The number of fused-ring (bicyclic) bond motifs is 1. The van der Waals surface area contributed by atoms with Gasteiger partial charge in [0, 0.05) is 44.8 Å². The molecule has 2 aliphatic rings. The SMILES string of the molecule is COc1ccc(Cl)c2sc(N(CCN3CCOCC3)C(=O)C3CC(=O)N(c4ccc(F)cc4)C3)nc12.Cl. The fourth-order valence-electron chi connectivity index (χ4n) is 4.55. The van der Waals surface area contributed by atoms with E-state index in [1.165, 1.54) is 23.5 Å². The first-order valence-corrected chi connectivity index (χ1v) is 12.9. The molecule has 3 aromatic rings. The van der Waals surface area contributed by atoms with Crippen LogP contribution in [0.3, 0.4) is 0 Å². The molecule has 198 valence electrons. The van der Waals surface area contributed by atoms with Crippen LogP contribution in [0.25, 0.3) is 10.2 Å². The summed E-state index contributed by atoms with van der Waals surface area (Å²) in [6.45, 7) is 4.20. The Kier molecular flexibility index (Phi) is 8.86. The highest BCUT2D eigenvalue weighted by Gasteiger charge is 2.38. The standard InChI is InChI=1S/C25H26ClFN4O4S.ClH/c1-34-20-7-6-19(26)23-22(20)28-25(36-23)30(9-8-29-10-12-35-13-11-29)24(33)16-14-21(32)31(15-16)18-4-2-17(27)3-5-18;/h2-7,16H,8-15H2,1H3;1H. The minimum Gasteiger partial charge on any atom is -0.494 e. The van der Waals surface area contributed by atoms with E-state index in [4.69, 9.17) is 26.1 Å². The largest absolute Gasteiger partial charge is 0.494 e. The number of nitrogens with zero attached hydrogens (tertiary/aromatic N) is 4. The molecular formula is C25H27Cl2FN4O4S. The van der Waals surface area contributed by atoms with Crippen LogP contribution in [0.2, 0.25) is 5.02 Å². The minimum atomic E-state index is -0.545. The number of rotatable bonds is 7. The van der Waals surface area contributed by atoms with Gasteiger partial charge in [-0.15, -0.1) is 12.4 Å². The maximum Gasteiger partial charge on any atom is 0.234 e. The third-order valence-electron chi connectivity index (χ3n) is 6.52. The quantitative estimate of drug-likeness (QED) is 0.424. The normalized spacial score (nSPS) is 18.2. The third kappa shape index (κ3) is 5.83. The Bertz CT molecular complexity index is 1270. The first kappa shape index (κ1) is 27.5. The number of benzene rings is 2. The number of hydrogen-bond donors (Lipinski definition) is 0. The highest BCUT2D eigenvalue weighted by atomic mass is 35.5. The van der Waals surface area contributed by atoms with Gasteiger partial charge in [-0.2, -0.15) is 0 Å². The average Bonchev–Trinajstić information content (AvgIpc) is 3.50. The molecule has 0 spiro atoms. The molecule has 0 saturated carbocycles. The predicted molar refractivity (Wildman–Crippen MR) is 145 cm³/mol. The Labute approximate surface area is 229 Å². The van der Waals surface area contributed by atoms with Gasteiger partial charge in [0.2, 0.25) is 11.8 Å². The molecule has 37 heavy (non-hydrogen) atoms. The monoisotopic (exact) mass is 568 g/mol. The van der Waals surface area contributed by atoms with Gasteiger partial charge >= 0.3 is 0 Å². The summed E-state index contributed by atoms with van der Waals surface area (Å²) in [6, 6.07) is 9.23. The molecule has 2 aliphatic heterocycles. The first-order valence-electron chi connectivity index (χ1n) is 11.7. The van der Waals surface area contributed by atoms with Crippen molar-refractivity contribution in [1.29, 1.82) is 0 Å². The zero-order valence-electron chi connectivity index (χ0n) is 20.2. The van der Waals surface area contributed by atoms with Crippen molar-refractivity contribution in [2.24, 2.45) is 5.92 Å². The zero-order valence-corrected chi connectivity index (χ0v) is 22.6. The molecule has 0 aliphatic carbocycles. The van der Waals surface area contributed by atoms with Gasteiger partial charge in [-0.25, -0.2) is 9.37 Å². The van der Waals surface area contributed by atoms with Crippen LogP contribution in [0.5, 0.6) is 5.75 Å². The van der Waals surface area contributed by atoms with Gasteiger partial charge < -0.3 is 14.4 Å². The van der Waals surface area contributed by atoms with Gasteiger partial charge in [-0.05, 0) is 36.4 Å². The number of thiazole rings is 1. The minimum absolute atomic E-state index is 0. The highest BCUT2D eigenvalue weighted by molar-refractivity contribution is 7.23. The molecule has 12 heteroatoms. The molecular weight excluding hydrogens is 542 g/mol. The van der Waals surface area contributed by atoms with E-state index in [-0.39, 0.29) is 43.0 Å². The lowest BCUT2D eigenvalue weighted by Gasteiger charge is -2.30. The maximum absolute atomic E-state index is 13.9. The number of carbonyl (C=O) groups is 2. The molecule has 1 unspecified atom stereocenters. The van der Waals surface area contributed by atoms with Crippen molar-refractivity contribution >= 4 is 68.2 Å². The molecule has 2 fully saturated rings. The fourth-order valence-corrected chi connectivity index (χ4v) is 5.84. The molecule has 1 aromatic heterocycles. The summed E-state index contributed by atoms with van der Waals surface area (Å²) >= 11 is 7.77. The van der Waals surface area contributed by atoms with Crippen molar-refractivity contribution in [3.8, 4) is 5.75 Å². The number of amides is 2. The van der Waals surface area contributed by atoms with Gasteiger partial charge in [-0.1, -0.05) is 22.9 Å². The zero-order chi connectivity index (χ0) is 25.2. The van der Waals surface area contributed by atoms with E-state index >= 15 is 0 Å². The second-order valence-electron chi connectivity index (χ2n) is 8.75. The molecule has 1 atom stereocenters. The summed E-state index contributed by atoms with van der Waals surface area (Å²) < 4.78 is 25.0. The first-order chi connectivity index (χ1) is 17.4. The Hall–Kier alpha value is -2.50. The molecule has 0 N–H and O–H groups in total. The molecule has 3 heterocycles. The van der Waals surface area contributed by atoms with Crippen LogP contribution in [-0.2, 0) is 14.3 Å². The Morgan fingerprint density at radius 1 is 1.24 bits per heavy atom. The van der Waals surface area contributed by atoms with E-state index in [1.54, 1.807) is 41.2 Å². The molecule has 8 nitrogen and oxygen atoms in total. The van der Waals surface area contributed by atoms with Crippen molar-refractivity contribution in [2.75, 3.05) is 62.8 Å². The molecule has 0 bridgehead atoms. The van der Waals surface area contributed by atoms with Gasteiger partial charge in [0.25, 0.3) is 0 Å². The van der Waals surface area contributed by atoms with Crippen LogP contribution < -0.4 is 14.5 Å². The number of methoxy groups -OCH3 is 1. The summed E-state index contributed by atoms with van der Waals surface area (Å²) in [7, 11) is 1.57. The lowest BCUT2D eigenvalue weighted by atomic mass is 10.1. The molecule has 2 saturated heterocycles. The molecule has 2 aromatic carbocycles. The van der Waals surface area contributed by atoms with Crippen LogP contribution in [-0.4, -0.2) is 74.7 Å². The van der Waals surface area contributed by atoms with E-state index in [0.717, 1.165) is 17.8 Å². The van der Waals surface area contributed by atoms with Gasteiger partial charge in [0.1, 0.15) is 17.1 Å². The predicted octanol–water partition coefficient (Wildman–Crippen LogP) is 4.24. The van der Waals surface area contributed by atoms with Gasteiger partial charge in [-0.3, -0.25) is 19.4 Å². The van der Waals surface area contributed by atoms with Crippen LogP contribution in [0, 0.1) is 11.7 Å². The molecule has 2 amide bonds. The number of halogens is 3. The van der Waals surface area contributed by atoms with Crippen molar-refractivity contribution < 1.29 is 23.5 Å². The van der Waals surface area contributed by atoms with E-state index < -0.39 is 5.92 Å². The van der Waals surface area contributed by atoms with Gasteiger partial charge in [0.05, 0.1) is 36.0 Å². The van der Waals surface area contributed by atoms with E-state index in [9.17, 15) is 14.0 Å². The third-order valence-corrected chi connectivity index (χ3v) is 8.06. The summed E-state index contributed by atoms with van der Waals surface area (Å²) in [5, 5.41) is 1.05. The van der Waals surface area contributed by atoms with E-state index in [1.807, 2.05) is 0 Å². The van der Waals surface area contributed by atoms with Crippen LogP contribution in [0.4, 0.5) is 15.2 Å². The average molecular weight is 569 g/mol. The Morgan fingerprint density at radius 2 is 1.97 bits per heavy atom. The molecule has 0 radical (unpaired) electrons. The highest BCUT2D eigenvalue weighted by Crippen LogP contribution is 2.39. The lowest BCUT2D eigenvalue weighted by molar-refractivity contribution is -0.124. The number of carbonyl (C=O) groups excluding carboxylic acids is 2. The van der Waals surface area contributed by atoms with Gasteiger partial charge in [0.15, 0.2) is 5.13 Å². The van der Waals surface area contributed by atoms with Crippen molar-refractivity contribution in [1.82, 2.24) is 9.88 Å². The lowest BCUT2D eigenvalue weighted by Crippen LogP contribution is -2.45. The topological polar surface area (TPSA) is 75.2 Å². The number of ether oxygens (including phenoxy) is 2. The number of morpholine rings is 1. The van der Waals surface area contributed by atoms with E-state index in [2.05, 4.69) is 4.90 Å². The summed E-state index contributed by atoms with van der Waals surface area (Å²) in [4.78, 5) is 36.9. The Balaban J connectivity index is 0.00000320. The summed E-state index contributed by atoms with van der Waals surface area (Å²) in [5.41, 5.74) is 1.18. The Morgan fingerprint density at radius 3 is 2.68 bits per heavy atom. The summed E-state index contributed by atoms with van der Waals surface area (Å²) in [5.74, 6) is -0.678. The summed E-state index contributed by atoms with van der Waals surface area (Å²) in [6.07, 6.45) is 0.0826. The van der Waals surface area contributed by atoms with Crippen molar-refractivity contribution in [2.45, 2.75) is 6.42 Å². The van der Waals surface area contributed by atoms with Crippen molar-refractivity contribution in [3.05, 3.63) is 47.2 Å². The fraction of sp³-hybridized carbons (Fsp3) is 0.400. The van der Waals surface area contributed by atoms with Crippen LogP contribution in [0.15, 0.2) is 36.4 Å². The van der Waals surface area contributed by atoms with Crippen LogP contribution in [0.1, 0.15) is 6.42 Å². The maximum atomic E-state index is 13.9. The van der Waals surface area contributed by atoms with Crippen LogP contribution >= 0.6 is 35.3 Å². The number of hydrogen-bond acceptors (Lipinski definition) is 7. The molecule has 5 rings (SSSR count). The second kappa shape index (κ2) is 11.9. The van der Waals surface area contributed by atoms with Crippen molar-refractivity contribution in [3.63, 3.8) is 0 Å². The number of anilines is 2. The smallest absolute Gasteiger partial charge is 0.234 e. The second-order valence-corrected chi connectivity index (χ2v) is 10.1.